The molecule has 1 aromatic heterocycles. The van der Waals surface area contributed by atoms with Crippen molar-refractivity contribution in [2.24, 2.45) is 0 Å². The van der Waals surface area contributed by atoms with Gasteiger partial charge in [0.25, 0.3) is 0 Å². The van der Waals surface area contributed by atoms with Crippen LogP contribution in [-0.2, 0) is 27.5 Å². The smallest absolute Gasteiger partial charge is 0.242 e. The van der Waals surface area contributed by atoms with Crippen molar-refractivity contribution in [3.63, 3.8) is 0 Å². The summed E-state index contributed by atoms with van der Waals surface area (Å²) in [5, 5.41) is 2.72. The number of piperazine rings is 1. The zero-order valence-electron chi connectivity index (χ0n) is 17.0. The first-order chi connectivity index (χ1) is 13.5. The van der Waals surface area contributed by atoms with Crippen molar-refractivity contribution in [1.29, 1.82) is 0 Å². The van der Waals surface area contributed by atoms with Gasteiger partial charge in [0, 0.05) is 39.8 Å². The lowest BCUT2D eigenvalue weighted by Gasteiger charge is -2.42. The van der Waals surface area contributed by atoms with Crippen LogP contribution in [0.5, 0.6) is 0 Å². The van der Waals surface area contributed by atoms with Crippen LogP contribution in [0.25, 0.3) is 11.0 Å². The molecule has 0 radical (unpaired) electrons. The summed E-state index contributed by atoms with van der Waals surface area (Å²) in [6.07, 6.45) is 0. The molecule has 2 aromatic rings. The lowest BCUT2D eigenvalue weighted by atomic mass is 10.1. The third-order valence-corrected chi connectivity index (χ3v) is 5.29. The molecule has 1 fully saturated rings. The number of benzene rings is 1. The lowest BCUT2D eigenvalue weighted by Crippen LogP contribution is -2.61. The van der Waals surface area contributed by atoms with Gasteiger partial charge in [-0.15, -0.1) is 0 Å². The second-order valence-electron chi connectivity index (χ2n) is 7.34. The number of rotatable bonds is 6. The summed E-state index contributed by atoms with van der Waals surface area (Å²) in [4.78, 5) is 34.0. The summed E-state index contributed by atoms with van der Waals surface area (Å²) < 4.78 is 7.17. The minimum Gasteiger partial charge on any atom is -0.377 e. The minimum absolute atomic E-state index is 0.0159. The Kier molecular flexibility index (Phi) is 6.31. The fraction of sp³-hybridized carbons (Fsp3) is 0.550. The average molecular weight is 387 g/mol. The molecule has 1 aromatic carbocycles. The van der Waals surface area contributed by atoms with Crippen molar-refractivity contribution in [2.45, 2.75) is 39.1 Å². The van der Waals surface area contributed by atoms with Gasteiger partial charge in [-0.25, -0.2) is 4.98 Å². The van der Waals surface area contributed by atoms with Crippen molar-refractivity contribution >= 4 is 22.8 Å². The van der Waals surface area contributed by atoms with Gasteiger partial charge in [0.15, 0.2) is 0 Å². The van der Waals surface area contributed by atoms with Crippen LogP contribution < -0.4 is 5.32 Å². The molecule has 2 amide bonds. The van der Waals surface area contributed by atoms with Crippen LogP contribution in [-0.4, -0.2) is 77.0 Å². The van der Waals surface area contributed by atoms with Crippen molar-refractivity contribution < 1.29 is 14.3 Å². The van der Waals surface area contributed by atoms with Gasteiger partial charge in [0.1, 0.15) is 25.0 Å². The summed E-state index contributed by atoms with van der Waals surface area (Å²) >= 11 is 0. The van der Waals surface area contributed by atoms with Crippen LogP contribution in [0.4, 0.5) is 0 Å². The third kappa shape index (κ3) is 4.02. The number of hydrogen-bond acceptors (Lipinski definition) is 5. The van der Waals surface area contributed by atoms with Gasteiger partial charge >= 0.3 is 0 Å². The van der Waals surface area contributed by atoms with Gasteiger partial charge in [-0.2, -0.15) is 0 Å². The summed E-state index contributed by atoms with van der Waals surface area (Å²) in [6.45, 7) is 6.34. The molecule has 3 rings (SSSR count). The molecular weight excluding hydrogens is 358 g/mol. The van der Waals surface area contributed by atoms with E-state index in [1.165, 1.54) is 0 Å². The van der Waals surface area contributed by atoms with Gasteiger partial charge in [-0.1, -0.05) is 12.1 Å². The Hall–Kier alpha value is -2.45. The lowest BCUT2D eigenvalue weighted by molar-refractivity contribution is -0.139. The first-order valence-electron chi connectivity index (χ1n) is 9.64. The molecule has 0 spiro atoms. The van der Waals surface area contributed by atoms with Gasteiger partial charge in [0.05, 0.1) is 11.0 Å². The summed E-state index contributed by atoms with van der Waals surface area (Å²) in [5.74, 6) is 0.651. The fourth-order valence-corrected chi connectivity index (χ4v) is 3.82. The Morgan fingerprint density at radius 1 is 1.29 bits per heavy atom. The van der Waals surface area contributed by atoms with Crippen LogP contribution >= 0.6 is 0 Å². The molecule has 28 heavy (non-hydrogen) atoms. The number of likely N-dealkylation sites (N-methyl/N-ethyl adjacent to an activating group) is 1. The Bertz CT molecular complexity index is 847. The highest BCUT2D eigenvalue weighted by atomic mass is 16.5. The number of para-hydroxylation sites is 2. The maximum absolute atomic E-state index is 13.1. The Balaban J connectivity index is 1.81. The van der Waals surface area contributed by atoms with E-state index in [0.29, 0.717) is 26.2 Å². The van der Waals surface area contributed by atoms with Crippen LogP contribution in [0, 0.1) is 0 Å². The van der Waals surface area contributed by atoms with Crippen LogP contribution in [0.1, 0.15) is 19.7 Å². The maximum atomic E-state index is 13.1. The molecule has 1 aliphatic rings. The van der Waals surface area contributed by atoms with Crippen molar-refractivity contribution in [3.8, 4) is 0 Å². The summed E-state index contributed by atoms with van der Waals surface area (Å²) in [7, 11) is 3.25. The number of carbonyl (C=O) groups is 2. The second-order valence-corrected chi connectivity index (χ2v) is 7.34. The first kappa shape index (κ1) is 20.3. The molecule has 1 saturated heterocycles. The number of imidazole rings is 1. The number of amides is 2. The maximum Gasteiger partial charge on any atom is 0.242 e. The molecule has 8 nitrogen and oxygen atoms in total. The quantitative estimate of drug-likeness (QED) is 0.795. The van der Waals surface area contributed by atoms with Crippen molar-refractivity contribution in [1.82, 2.24) is 24.7 Å². The number of nitrogens with zero attached hydrogens (tertiary/aromatic N) is 4. The zero-order valence-corrected chi connectivity index (χ0v) is 17.0. The molecule has 1 atom stereocenters. The normalized spacial score (nSPS) is 18.0. The molecule has 1 N–H and O–H groups in total. The predicted molar refractivity (Wildman–Crippen MR) is 107 cm³/mol. The van der Waals surface area contributed by atoms with Gasteiger partial charge in [-0.3, -0.25) is 14.5 Å². The Labute approximate surface area is 165 Å². The van der Waals surface area contributed by atoms with E-state index in [1.807, 2.05) is 28.8 Å². The monoisotopic (exact) mass is 387 g/mol. The standard InChI is InChI=1S/C20H29N5O3/c1-14(2)24-10-9-23(11-17(24)20(27)21-3)19(26)12-25-16-8-6-5-7-15(16)22-18(25)13-28-4/h5-8,14,17H,9-13H2,1-4H3,(H,21,27)/t17-/m0/s1. The zero-order chi connectivity index (χ0) is 20.3. The molecule has 0 unspecified atom stereocenters. The Morgan fingerprint density at radius 2 is 2.04 bits per heavy atom. The number of fused-ring (bicyclic) bond motifs is 1. The minimum atomic E-state index is -0.333. The van der Waals surface area contributed by atoms with Gasteiger partial charge in [0.2, 0.25) is 11.8 Å². The topological polar surface area (TPSA) is 79.7 Å². The molecule has 8 heteroatoms. The summed E-state index contributed by atoms with van der Waals surface area (Å²) in [6, 6.07) is 7.66. The second kappa shape index (κ2) is 8.70. The first-order valence-corrected chi connectivity index (χ1v) is 9.64. The predicted octanol–water partition coefficient (Wildman–Crippen LogP) is 0.850. The molecule has 2 heterocycles. The molecule has 152 valence electrons. The van der Waals surface area contributed by atoms with E-state index in [0.717, 1.165) is 16.9 Å². The molecule has 0 bridgehead atoms. The highest BCUT2D eigenvalue weighted by Gasteiger charge is 2.35. The molecular formula is C20H29N5O3. The van der Waals surface area contributed by atoms with E-state index in [-0.39, 0.29) is 30.4 Å². The van der Waals surface area contributed by atoms with Crippen LogP contribution in [0.3, 0.4) is 0 Å². The summed E-state index contributed by atoms with van der Waals surface area (Å²) in [5.41, 5.74) is 1.75. The molecule has 1 aliphatic heterocycles. The average Bonchev–Trinajstić information content (AvgIpc) is 3.04. The largest absolute Gasteiger partial charge is 0.377 e. The number of ether oxygens (including phenoxy) is 1. The van der Waals surface area contributed by atoms with E-state index in [1.54, 1.807) is 19.1 Å². The number of aromatic nitrogens is 2. The van der Waals surface area contributed by atoms with Gasteiger partial charge < -0.3 is 19.5 Å². The number of carbonyl (C=O) groups excluding carboxylic acids is 2. The van der Waals surface area contributed by atoms with Gasteiger partial charge in [-0.05, 0) is 26.0 Å². The van der Waals surface area contributed by atoms with E-state index in [9.17, 15) is 9.59 Å². The van der Waals surface area contributed by atoms with Crippen molar-refractivity contribution in [2.75, 3.05) is 33.8 Å². The molecule has 0 saturated carbocycles. The number of methoxy groups -OCH3 is 1. The Morgan fingerprint density at radius 3 is 2.71 bits per heavy atom. The highest BCUT2D eigenvalue weighted by Crippen LogP contribution is 2.19. The number of nitrogens with one attached hydrogen (secondary N) is 1. The fourth-order valence-electron chi connectivity index (χ4n) is 3.82. The van der Waals surface area contributed by atoms with E-state index in [4.69, 9.17) is 4.74 Å². The van der Waals surface area contributed by atoms with Crippen molar-refractivity contribution in [3.05, 3.63) is 30.1 Å². The van der Waals surface area contributed by atoms with Crippen LogP contribution in [0.2, 0.25) is 0 Å². The highest BCUT2D eigenvalue weighted by molar-refractivity contribution is 5.84. The third-order valence-electron chi connectivity index (χ3n) is 5.29. The van der Waals surface area contributed by atoms with E-state index < -0.39 is 0 Å². The number of hydrogen-bond donors (Lipinski definition) is 1. The van der Waals surface area contributed by atoms with E-state index in [2.05, 4.69) is 29.0 Å². The SMILES string of the molecule is CNC(=O)[C@@H]1CN(C(=O)Cn2c(COC)nc3ccccc32)CCN1C(C)C. The molecule has 0 aliphatic carbocycles. The van der Waals surface area contributed by atoms with Crippen LogP contribution in [0.15, 0.2) is 24.3 Å². The van der Waals surface area contributed by atoms with E-state index >= 15 is 0 Å².